The minimum absolute atomic E-state index is 0.782. The van der Waals surface area contributed by atoms with Gasteiger partial charge in [0.15, 0.2) is 0 Å². The highest BCUT2D eigenvalue weighted by Gasteiger charge is 2.33. The Bertz CT molecular complexity index is 210. The molecule has 0 aromatic heterocycles. The number of fused-ring (bicyclic) bond motifs is 2. The highest BCUT2D eigenvalue weighted by atomic mass is 16.5. The van der Waals surface area contributed by atoms with E-state index >= 15 is 0 Å². The minimum atomic E-state index is 0.782. The predicted molar refractivity (Wildman–Crippen MR) is 71.3 cm³/mol. The first kappa shape index (κ1) is 13.3. The fraction of sp³-hybridized carbons (Fsp3) is 1.00. The molecular weight excluding hydrogens is 212 g/mol. The number of ether oxygens (including phenoxy) is 1. The SMILES string of the molecule is CCCCOCCCNC1CCN2CCC1C2. The zero-order chi connectivity index (χ0) is 11.9. The Morgan fingerprint density at radius 2 is 2.00 bits per heavy atom. The van der Waals surface area contributed by atoms with Crippen LogP contribution in [-0.4, -0.2) is 50.3 Å². The molecule has 3 unspecified atom stereocenters. The Balaban J connectivity index is 1.47. The van der Waals surface area contributed by atoms with Crippen LogP contribution >= 0.6 is 0 Å². The van der Waals surface area contributed by atoms with E-state index in [0.717, 1.165) is 38.1 Å². The van der Waals surface area contributed by atoms with Crippen LogP contribution in [0.3, 0.4) is 0 Å². The van der Waals surface area contributed by atoms with E-state index in [2.05, 4.69) is 17.1 Å². The maximum Gasteiger partial charge on any atom is 0.0478 e. The molecule has 2 saturated heterocycles. The molecule has 0 radical (unpaired) electrons. The lowest BCUT2D eigenvalue weighted by Crippen LogP contribution is -2.44. The lowest BCUT2D eigenvalue weighted by molar-refractivity contribution is 0.126. The van der Waals surface area contributed by atoms with Crippen molar-refractivity contribution in [2.45, 2.75) is 45.1 Å². The van der Waals surface area contributed by atoms with Crippen molar-refractivity contribution in [1.29, 1.82) is 0 Å². The summed E-state index contributed by atoms with van der Waals surface area (Å²) in [5, 5.41) is 3.73. The second-order valence-corrected chi connectivity index (χ2v) is 5.52. The molecule has 0 aromatic carbocycles. The molecular formula is C14H28N2O. The number of hydrogen-bond acceptors (Lipinski definition) is 3. The molecule has 3 nitrogen and oxygen atoms in total. The van der Waals surface area contributed by atoms with Gasteiger partial charge < -0.3 is 15.0 Å². The summed E-state index contributed by atoms with van der Waals surface area (Å²) in [4.78, 5) is 2.61. The third-order valence-electron chi connectivity index (χ3n) is 4.15. The molecule has 2 bridgehead atoms. The Morgan fingerprint density at radius 3 is 2.88 bits per heavy atom. The second kappa shape index (κ2) is 7.34. The lowest BCUT2D eigenvalue weighted by Gasteiger charge is -2.31. The van der Waals surface area contributed by atoms with Gasteiger partial charge in [-0.2, -0.15) is 0 Å². The van der Waals surface area contributed by atoms with Gasteiger partial charge in [0.2, 0.25) is 0 Å². The van der Waals surface area contributed by atoms with E-state index in [0.29, 0.717) is 0 Å². The van der Waals surface area contributed by atoms with Crippen LogP contribution in [0.2, 0.25) is 0 Å². The van der Waals surface area contributed by atoms with Crippen molar-refractivity contribution in [2.75, 3.05) is 39.4 Å². The number of hydrogen-bond donors (Lipinski definition) is 1. The lowest BCUT2D eigenvalue weighted by atomic mass is 9.94. The number of piperidine rings is 1. The van der Waals surface area contributed by atoms with Crippen molar-refractivity contribution in [3.63, 3.8) is 0 Å². The topological polar surface area (TPSA) is 24.5 Å². The molecule has 2 rings (SSSR count). The first-order valence-electron chi connectivity index (χ1n) is 7.43. The maximum absolute atomic E-state index is 5.58. The monoisotopic (exact) mass is 240 g/mol. The van der Waals surface area contributed by atoms with Crippen LogP contribution < -0.4 is 5.32 Å². The molecule has 3 atom stereocenters. The summed E-state index contributed by atoms with van der Waals surface area (Å²) < 4.78 is 5.58. The quantitative estimate of drug-likeness (QED) is 0.656. The summed E-state index contributed by atoms with van der Waals surface area (Å²) >= 11 is 0. The molecule has 2 aliphatic heterocycles. The molecule has 17 heavy (non-hydrogen) atoms. The van der Waals surface area contributed by atoms with Gasteiger partial charge in [-0.15, -0.1) is 0 Å². The Hall–Kier alpha value is -0.120. The fourth-order valence-corrected chi connectivity index (χ4v) is 3.03. The predicted octanol–water partition coefficient (Wildman–Crippen LogP) is 1.88. The average Bonchev–Trinajstić information content (AvgIpc) is 2.73. The van der Waals surface area contributed by atoms with Crippen molar-refractivity contribution in [3.8, 4) is 0 Å². The molecule has 0 aromatic rings. The van der Waals surface area contributed by atoms with E-state index in [1.807, 2.05) is 0 Å². The highest BCUT2D eigenvalue weighted by Crippen LogP contribution is 2.26. The summed E-state index contributed by atoms with van der Waals surface area (Å²) in [6.45, 7) is 9.19. The highest BCUT2D eigenvalue weighted by molar-refractivity contribution is 4.90. The van der Waals surface area contributed by atoms with E-state index in [1.165, 1.54) is 45.3 Å². The summed E-state index contributed by atoms with van der Waals surface area (Å²) in [7, 11) is 0. The minimum Gasteiger partial charge on any atom is -0.381 e. The summed E-state index contributed by atoms with van der Waals surface area (Å²) in [6, 6.07) is 0.782. The first-order valence-corrected chi connectivity index (χ1v) is 7.43. The van der Waals surface area contributed by atoms with Gasteiger partial charge in [-0.1, -0.05) is 13.3 Å². The van der Waals surface area contributed by atoms with Crippen LogP contribution in [0.5, 0.6) is 0 Å². The molecule has 0 saturated carbocycles. The van der Waals surface area contributed by atoms with Crippen molar-refractivity contribution in [3.05, 3.63) is 0 Å². The molecule has 0 spiro atoms. The Labute approximate surface area is 106 Å². The van der Waals surface area contributed by atoms with E-state index < -0.39 is 0 Å². The molecule has 3 heteroatoms. The number of rotatable bonds is 8. The zero-order valence-electron chi connectivity index (χ0n) is 11.3. The number of nitrogens with zero attached hydrogens (tertiary/aromatic N) is 1. The Morgan fingerprint density at radius 1 is 1.18 bits per heavy atom. The van der Waals surface area contributed by atoms with Gasteiger partial charge in [0.25, 0.3) is 0 Å². The normalized spacial score (nSPS) is 31.9. The van der Waals surface area contributed by atoms with Crippen LogP contribution in [0.1, 0.15) is 39.0 Å². The first-order chi connectivity index (χ1) is 8.40. The largest absolute Gasteiger partial charge is 0.381 e. The third-order valence-corrected chi connectivity index (χ3v) is 4.15. The number of nitrogens with one attached hydrogen (secondary N) is 1. The maximum atomic E-state index is 5.58. The smallest absolute Gasteiger partial charge is 0.0478 e. The summed E-state index contributed by atoms with van der Waals surface area (Å²) in [5.41, 5.74) is 0. The van der Waals surface area contributed by atoms with Crippen LogP contribution in [0.25, 0.3) is 0 Å². The van der Waals surface area contributed by atoms with Crippen molar-refractivity contribution in [2.24, 2.45) is 5.92 Å². The van der Waals surface area contributed by atoms with Gasteiger partial charge in [-0.25, -0.2) is 0 Å². The number of unbranched alkanes of at least 4 members (excludes halogenated alkanes) is 1. The van der Waals surface area contributed by atoms with Gasteiger partial charge in [0.05, 0.1) is 0 Å². The van der Waals surface area contributed by atoms with Crippen LogP contribution in [-0.2, 0) is 4.74 Å². The van der Waals surface area contributed by atoms with E-state index in [9.17, 15) is 0 Å². The van der Waals surface area contributed by atoms with Crippen LogP contribution in [0.4, 0.5) is 0 Å². The van der Waals surface area contributed by atoms with Gasteiger partial charge in [-0.3, -0.25) is 0 Å². The van der Waals surface area contributed by atoms with Crippen molar-refractivity contribution in [1.82, 2.24) is 10.2 Å². The molecule has 2 fully saturated rings. The standard InChI is InChI=1S/C14H28N2O/c1-2-3-10-17-11-4-7-15-14-6-9-16-8-5-13(14)12-16/h13-15H,2-12H2,1H3. The molecule has 1 N–H and O–H groups in total. The zero-order valence-corrected chi connectivity index (χ0v) is 11.3. The van der Waals surface area contributed by atoms with E-state index in [-0.39, 0.29) is 0 Å². The second-order valence-electron chi connectivity index (χ2n) is 5.52. The van der Waals surface area contributed by atoms with Gasteiger partial charge in [-0.05, 0) is 51.2 Å². The molecule has 100 valence electrons. The molecule has 0 amide bonds. The van der Waals surface area contributed by atoms with Gasteiger partial charge >= 0.3 is 0 Å². The fourth-order valence-electron chi connectivity index (χ4n) is 3.03. The van der Waals surface area contributed by atoms with Crippen LogP contribution in [0.15, 0.2) is 0 Å². The summed E-state index contributed by atoms with van der Waals surface area (Å²) in [5.74, 6) is 0.921. The third kappa shape index (κ3) is 4.23. The van der Waals surface area contributed by atoms with Crippen molar-refractivity contribution >= 4 is 0 Å². The van der Waals surface area contributed by atoms with Crippen LogP contribution in [0, 0.1) is 5.92 Å². The van der Waals surface area contributed by atoms with Gasteiger partial charge in [0, 0.05) is 25.8 Å². The van der Waals surface area contributed by atoms with E-state index in [1.54, 1.807) is 0 Å². The average molecular weight is 240 g/mol. The van der Waals surface area contributed by atoms with E-state index in [4.69, 9.17) is 4.74 Å². The Kier molecular flexibility index (Phi) is 5.75. The molecule has 2 heterocycles. The van der Waals surface area contributed by atoms with Crippen molar-refractivity contribution < 1.29 is 4.74 Å². The summed E-state index contributed by atoms with van der Waals surface area (Å²) in [6.07, 6.45) is 6.36. The molecule has 2 aliphatic rings. The molecule has 0 aliphatic carbocycles. The van der Waals surface area contributed by atoms with Gasteiger partial charge in [0.1, 0.15) is 0 Å².